The van der Waals surface area contributed by atoms with Crippen LogP contribution in [0.3, 0.4) is 0 Å². The van der Waals surface area contributed by atoms with Gasteiger partial charge >= 0.3 is 0 Å². The molecule has 112 valence electrons. The lowest BCUT2D eigenvalue weighted by Crippen LogP contribution is -2.47. The molecular weight excluding hydrogens is 254 g/mol. The Bertz CT molecular complexity index is 407. The second-order valence-electron chi connectivity index (χ2n) is 5.65. The van der Waals surface area contributed by atoms with Gasteiger partial charge in [0.25, 0.3) is 0 Å². The molecule has 1 saturated carbocycles. The first-order chi connectivity index (χ1) is 9.71. The number of aliphatic hydroxyl groups is 2. The number of benzene rings is 1. The van der Waals surface area contributed by atoms with Gasteiger partial charge in [-0.3, -0.25) is 0 Å². The largest absolute Gasteiger partial charge is 0.490 e. The number of hydrogen-bond acceptors (Lipinski definition) is 4. The summed E-state index contributed by atoms with van der Waals surface area (Å²) in [6, 6.07) is 7.53. The molecule has 0 heterocycles. The minimum absolute atomic E-state index is 0.0538. The third kappa shape index (κ3) is 3.72. The number of ether oxygens (including phenoxy) is 1. The Morgan fingerprint density at radius 1 is 1.30 bits per heavy atom. The first kappa shape index (κ1) is 15.3. The molecule has 1 aromatic carbocycles. The first-order valence-electron chi connectivity index (χ1n) is 7.44. The van der Waals surface area contributed by atoms with E-state index in [1.165, 1.54) is 0 Å². The maximum Gasteiger partial charge on any atom is 0.119 e. The van der Waals surface area contributed by atoms with Crippen LogP contribution in [0.15, 0.2) is 24.3 Å². The molecule has 2 rings (SSSR count). The van der Waals surface area contributed by atoms with Gasteiger partial charge in [0, 0.05) is 12.0 Å². The summed E-state index contributed by atoms with van der Waals surface area (Å²) < 4.78 is 5.98. The Kier molecular flexibility index (Phi) is 5.40. The van der Waals surface area contributed by atoms with Crippen LogP contribution in [0, 0.1) is 0 Å². The van der Waals surface area contributed by atoms with Gasteiger partial charge in [-0.1, -0.05) is 19.1 Å². The summed E-state index contributed by atoms with van der Waals surface area (Å²) in [4.78, 5) is 0. The smallest absolute Gasteiger partial charge is 0.119 e. The van der Waals surface area contributed by atoms with Crippen LogP contribution in [0.25, 0.3) is 0 Å². The van der Waals surface area contributed by atoms with Crippen molar-refractivity contribution in [3.8, 4) is 5.75 Å². The van der Waals surface area contributed by atoms with Gasteiger partial charge in [0.05, 0.1) is 13.2 Å². The van der Waals surface area contributed by atoms with Crippen molar-refractivity contribution in [2.45, 2.75) is 50.9 Å². The molecule has 2 atom stereocenters. The van der Waals surface area contributed by atoms with Crippen LogP contribution in [-0.4, -0.2) is 35.0 Å². The van der Waals surface area contributed by atoms with Crippen LogP contribution >= 0.6 is 0 Å². The highest BCUT2D eigenvalue weighted by atomic mass is 16.5. The minimum atomic E-state index is -0.175. The van der Waals surface area contributed by atoms with E-state index >= 15 is 0 Å². The molecule has 1 fully saturated rings. The lowest BCUT2D eigenvalue weighted by molar-refractivity contribution is 0.140. The molecule has 3 N–H and O–H groups in total. The summed E-state index contributed by atoms with van der Waals surface area (Å²) in [5.74, 6) is 0.830. The van der Waals surface area contributed by atoms with Gasteiger partial charge in [0.15, 0.2) is 0 Å². The molecular formula is C16H25NO3. The lowest BCUT2D eigenvalue weighted by atomic mass is 9.98. The van der Waals surface area contributed by atoms with E-state index in [2.05, 4.69) is 12.2 Å². The van der Waals surface area contributed by atoms with E-state index in [1.807, 2.05) is 24.3 Å². The van der Waals surface area contributed by atoms with Crippen LogP contribution in [0.5, 0.6) is 5.75 Å². The second kappa shape index (κ2) is 7.07. The van der Waals surface area contributed by atoms with Gasteiger partial charge < -0.3 is 20.3 Å². The molecule has 20 heavy (non-hydrogen) atoms. The maximum atomic E-state index is 9.65. The summed E-state index contributed by atoms with van der Waals surface area (Å²) in [7, 11) is 0. The van der Waals surface area contributed by atoms with Crippen LogP contribution in [0.2, 0.25) is 0 Å². The zero-order valence-corrected chi connectivity index (χ0v) is 12.1. The molecule has 0 aliphatic heterocycles. The molecule has 1 aliphatic rings. The molecule has 0 amide bonds. The molecule has 2 unspecified atom stereocenters. The summed E-state index contributed by atoms with van der Waals surface area (Å²) in [6.45, 7) is 3.27. The van der Waals surface area contributed by atoms with Crippen molar-refractivity contribution < 1.29 is 14.9 Å². The Hall–Kier alpha value is -1.10. The predicted molar refractivity (Wildman–Crippen MR) is 78.7 cm³/mol. The molecule has 1 aromatic rings. The fraction of sp³-hybridized carbons (Fsp3) is 0.625. The van der Waals surface area contributed by atoms with Crippen molar-refractivity contribution in [3.63, 3.8) is 0 Å². The Labute approximate surface area is 120 Å². The topological polar surface area (TPSA) is 61.7 Å². The van der Waals surface area contributed by atoms with Crippen molar-refractivity contribution in [2.75, 3.05) is 13.2 Å². The Balaban J connectivity index is 1.91. The molecule has 4 heteroatoms. The molecule has 0 aromatic heterocycles. The SMILES string of the molecule is CCCNC1(CO)CCC(Oc2ccc(CO)cc2)C1. The lowest BCUT2D eigenvalue weighted by Gasteiger charge is -2.28. The van der Waals surface area contributed by atoms with Gasteiger partial charge in [0.1, 0.15) is 11.9 Å². The average molecular weight is 279 g/mol. The first-order valence-corrected chi connectivity index (χ1v) is 7.44. The number of hydrogen-bond donors (Lipinski definition) is 3. The minimum Gasteiger partial charge on any atom is -0.490 e. The van der Waals surface area contributed by atoms with Crippen LogP contribution in [0.4, 0.5) is 0 Å². The van der Waals surface area contributed by atoms with E-state index in [0.29, 0.717) is 0 Å². The zero-order chi connectivity index (χ0) is 14.4. The van der Waals surface area contributed by atoms with E-state index in [-0.39, 0.29) is 24.9 Å². The quantitative estimate of drug-likeness (QED) is 0.713. The summed E-state index contributed by atoms with van der Waals surface area (Å²) in [5, 5.41) is 22.1. The molecule has 4 nitrogen and oxygen atoms in total. The molecule has 0 radical (unpaired) electrons. The number of aliphatic hydroxyl groups excluding tert-OH is 2. The van der Waals surface area contributed by atoms with Crippen LogP contribution in [0.1, 0.15) is 38.2 Å². The van der Waals surface area contributed by atoms with Gasteiger partial charge in [-0.25, -0.2) is 0 Å². The van der Waals surface area contributed by atoms with Gasteiger partial charge in [-0.05, 0) is 43.5 Å². The third-order valence-electron chi connectivity index (χ3n) is 4.02. The molecule has 0 saturated heterocycles. The predicted octanol–water partition coefficient (Wildman–Crippen LogP) is 1.84. The summed E-state index contributed by atoms with van der Waals surface area (Å²) >= 11 is 0. The number of rotatable bonds is 7. The Morgan fingerprint density at radius 3 is 2.65 bits per heavy atom. The van der Waals surface area contributed by atoms with E-state index in [9.17, 15) is 5.11 Å². The second-order valence-corrected chi connectivity index (χ2v) is 5.65. The maximum absolute atomic E-state index is 9.65. The molecule has 0 bridgehead atoms. The zero-order valence-electron chi connectivity index (χ0n) is 12.1. The van der Waals surface area contributed by atoms with Crippen molar-refractivity contribution >= 4 is 0 Å². The van der Waals surface area contributed by atoms with Crippen LogP contribution in [-0.2, 0) is 6.61 Å². The van der Waals surface area contributed by atoms with Crippen LogP contribution < -0.4 is 10.1 Å². The van der Waals surface area contributed by atoms with Gasteiger partial charge in [0.2, 0.25) is 0 Å². The highest BCUT2D eigenvalue weighted by Crippen LogP contribution is 2.32. The van der Waals surface area contributed by atoms with Crippen molar-refractivity contribution in [1.82, 2.24) is 5.32 Å². The van der Waals surface area contributed by atoms with Crippen molar-refractivity contribution in [2.24, 2.45) is 0 Å². The van der Waals surface area contributed by atoms with E-state index in [0.717, 1.165) is 43.5 Å². The number of nitrogens with one attached hydrogen (secondary N) is 1. The molecule has 1 aliphatic carbocycles. The van der Waals surface area contributed by atoms with Gasteiger partial charge in [-0.15, -0.1) is 0 Å². The highest BCUT2D eigenvalue weighted by molar-refractivity contribution is 5.27. The third-order valence-corrected chi connectivity index (χ3v) is 4.02. The monoisotopic (exact) mass is 279 g/mol. The van der Waals surface area contributed by atoms with E-state index < -0.39 is 0 Å². The van der Waals surface area contributed by atoms with Gasteiger partial charge in [-0.2, -0.15) is 0 Å². The van der Waals surface area contributed by atoms with E-state index in [1.54, 1.807) is 0 Å². The Morgan fingerprint density at radius 2 is 2.05 bits per heavy atom. The standard InChI is InChI=1S/C16H25NO3/c1-2-9-17-16(12-19)8-7-15(10-16)20-14-5-3-13(11-18)4-6-14/h3-6,15,17-19H,2,7-12H2,1H3. The van der Waals surface area contributed by atoms with Crippen molar-refractivity contribution in [3.05, 3.63) is 29.8 Å². The van der Waals surface area contributed by atoms with Crippen molar-refractivity contribution in [1.29, 1.82) is 0 Å². The normalized spacial score (nSPS) is 25.9. The summed E-state index contributed by atoms with van der Waals surface area (Å²) in [5.41, 5.74) is 0.712. The molecule has 0 spiro atoms. The fourth-order valence-electron chi connectivity index (χ4n) is 2.79. The summed E-state index contributed by atoms with van der Waals surface area (Å²) in [6.07, 6.45) is 3.95. The fourth-order valence-corrected chi connectivity index (χ4v) is 2.79. The van der Waals surface area contributed by atoms with E-state index in [4.69, 9.17) is 9.84 Å². The highest BCUT2D eigenvalue weighted by Gasteiger charge is 2.39. The average Bonchev–Trinajstić information content (AvgIpc) is 2.90.